The van der Waals surface area contributed by atoms with Crippen LogP contribution in [0.25, 0.3) is 0 Å². The van der Waals surface area contributed by atoms with Crippen LogP contribution in [0, 0.1) is 5.92 Å². The minimum Gasteiger partial charge on any atom is -0.293 e. The SMILES string of the molecule is O=C1c2ccc(Cl)c(Cl)c2SCC1C(=O)C(F)(F)F. The zero-order valence-electron chi connectivity index (χ0n) is 9.05. The summed E-state index contributed by atoms with van der Waals surface area (Å²) in [5, 5.41) is 0.330. The molecule has 102 valence electrons. The predicted octanol–water partition coefficient (Wildman–Crippen LogP) is 4.03. The molecule has 0 bridgehead atoms. The van der Waals surface area contributed by atoms with Crippen molar-refractivity contribution in [2.75, 3.05) is 5.75 Å². The first kappa shape index (κ1) is 14.7. The maximum Gasteiger partial charge on any atom is 0.450 e. The van der Waals surface area contributed by atoms with Gasteiger partial charge in [0.2, 0.25) is 5.78 Å². The van der Waals surface area contributed by atoms with Gasteiger partial charge in [-0.15, -0.1) is 11.8 Å². The number of carbonyl (C=O) groups is 2. The zero-order valence-corrected chi connectivity index (χ0v) is 11.4. The van der Waals surface area contributed by atoms with Gasteiger partial charge in [0.1, 0.15) is 0 Å². The van der Waals surface area contributed by atoms with Crippen LogP contribution < -0.4 is 0 Å². The molecule has 2 rings (SSSR count). The van der Waals surface area contributed by atoms with E-state index in [0.29, 0.717) is 4.90 Å². The maximum absolute atomic E-state index is 12.4. The van der Waals surface area contributed by atoms with Gasteiger partial charge in [-0.3, -0.25) is 9.59 Å². The molecule has 8 heteroatoms. The molecule has 1 aromatic carbocycles. The van der Waals surface area contributed by atoms with Gasteiger partial charge in [-0.05, 0) is 12.1 Å². The summed E-state index contributed by atoms with van der Waals surface area (Å²) >= 11 is 12.6. The number of thioether (sulfide) groups is 1. The Balaban J connectivity index is 2.41. The van der Waals surface area contributed by atoms with Crippen molar-refractivity contribution in [3.8, 4) is 0 Å². The molecule has 1 unspecified atom stereocenters. The van der Waals surface area contributed by atoms with E-state index in [9.17, 15) is 22.8 Å². The first-order valence-electron chi connectivity index (χ1n) is 4.99. The summed E-state index contributed by atoms with van der Waals surface area (Å²) in [6.45, 7) is 0. The van der Waals surface area contributed by atoms with Crippen LogP contribution in [-0.4, -0.2) is 23.5 Å². The monoisotopic (exact) mass is 328 g/mol. The third-order valence-electron chi connectivity index (χ3n) is 2.62. The van der Waals surface area contributed by atoms with Gasteiger partial charge in [-0.25, -0.2) is 0 Å². The number of hydrogen-bond acceptors (Lipinski definition) is 3. The van der Waals surface area contributed by atoms with Crippen molar-refractivity contribution in [2.24, 2.45) is 5.92 Å². The number of alkyl halides is 3. The van der Waals surface area contributed by atoms with E-state index < -0.39 is 23.7 Å². The highest BCUT2D eigenvalue weighted by atomic mass is 35.5. The molecule has 1 atom stereocenters. The largest absolute Gasteiger partial charge is 0.450 e. The van der Waals surface area contributed by atoms with Gasteiger partial charge in [0, 0.05) is 16.2 Å². The average molecular weight is 329 g/mol. The predicted molar refractivity (Wildman–Crippen MR) is 66.1 cm³/mol. The molecule has 1 aliphatic heterocycles. The molecule has 0 amide bonds. The van der Waals surface area contributed by atoms with Crippen molar-refractivity contribution in [3.05, 3.63) is 27.7 Å². The minimum absolute atomic E-state index is 0.00764. The first-order valence-corrected chi connectivity index (χ1v) is 6.73. The molecule has 0 saturated heterocycles. The smallest absolute Gasteiger partial charge is 0.293 e. The Morgan fingerprint density at radius 1 is 1.32 bits per heavy atom. The summed E-state index contributed by atoms with van der Waals surface area (Å²) in [6, 6.07) is 2.61. The van der Waals surface area contributed by atoms with Gasteiger partial charge in [0.05, 0.1) is 16.0 Å². The lowest BCUT2D eigenvalue weighted by Crippen LogP contribution is -2.38. The van der Waals surface area contributed by atoms with Crippen LogP contribution in [0.15, 0.2) is 17.0 Å². The summed E-state index contributed by atoms with van der Waals surface area (Å²) in [6.07, 6.45) is -5.02. The van der Waals surface area contributed by atoms with Gasteiger partial charge in [0.15, 0.2) is 5.78 Å². The van der Waals surface area contributed by atoms with E-state index in [1.807, 2.05) is 0 Å². The van der Waals surface area contributed by atoms with Crippen molar-refractivity contribution in [1.82, 2.24) is 0 Å². The molecule has 0 saturated carbocycles. The van der Waals surface area contributed by atoms with Crippen LogP contribution in [0.2, 0.25) is 10.0 Å². The van der Waals surface area contributed by atoms with Gasteiger partial charge in [0.25, 0.3) is 0 Å². The average Bonchev–Trinajstić information content (AvgIpc) is 2.32. The second-order valence-corrected chi connectivity index (χ2v) is 5.64. The number of Topliss-reactive ketones (excluding diaryl/α,β-unsaturated/α-hetero) is 2. The lowest BCUT2D eigenvalue weighted by molar-refractivity contribution is -0.173. The Morgan fingerprint density at radius 3 is 2.53 bits per heavy atom. The quantitative estimate of drug-likeness (QED) is 0.730. The van der Waals surface area contributed by atoms with Crippen molar-refractivity contribution in [2.45, 2.75) is 11.1 Å². The van der Waals surface area contributed by atoms with Crippen molar-refractivity contribution in [1.29, 1.82) is 0 Å². The third kappa shape index (κ3) is 2.61. The Bertz CT molecular complexity index is 572. The molecule has 1 aromatic rings. The number of benzene rings is 1. The van der Waals surface area contributed by atoms with E-state index in [0.717, 1.165) is 11.8 Å². The fourth-order valence-corrected chi connectivity index (χ4v) is 3.43. The molecule has 0 radical (unpaired) electrons. The van der Waals surface area contributed by atoms with Crippen molar-refractivity contribution in [3.63, 3.8) is 0 Å². The molecule has 0 aliphatic carbocycles. The minimum atomic E-state index is -5.02. The first-order chi connectivity index (χ1) is 8.73. The second kappa shape index (κ2) is 5.00. The molecule has 19 heavy (non-hydrogen) atoms. The van der Waals surface area contributed by atoms with Crippen molar-refractivity contribution >= 4 is 46.5 Å². The van der Waals surface area contributed by atoms with Crippen molar-refractivity contribution < 1.29 is 22.8 Å². The maximum atomic E-state index is 12.4. The molecule has 1 aliphatic rings. The van der Waals surface area contributed by atoms with Gasteiger partial charge >= 0.3 is 6.18 Å². The number of ketones is 2. The number of hydrogen-bond donors (Lipinski definition) is 0. The highest BCUT2D eigenvalue weighted by Gasteiger charge is 2.48. The summed E-state index contributed by atoms with van der Waals surface area (Å²) in [5.41, 5.74) is 0.00764. The van der Waals surface area contributed by atoms with Crippen LogP contribution in [-0.2, 0) is 4.79 Å². The van der Waals surface area contributed by atoms with E-state index in [2.05, 4.69) is 0 Å². The standard InChI is InChI=1S/C11H5Cl2F3O2S/c12-6-2-1-4-8(17)5(10(18)11(14,15)16)3-19-9(4)7(6)13/h1-2,5H,3H2. The zero-order chi connectivity index (χ0) is 14.4. The van der Waals surface area contributed by atoms with Crippen LogP contribution >= 0.6 is 35.0 Å². The Labute approximate surface area is 120 Å². The summed E-state index contributed by atoms with van der Waals surface area (Å²) < 4.78 is 37.1. The number of fused-ring (bicyclic) bond motifs is 1. The number of halogens is 5. The second-order valence-electron chi connectivity index (χ2n) is 3.83. The lowest BCUT2D eigenvalue weighted by atomic mass is 9.94. The Morgan fingerprint density at radius 2 is 1.95 bits per heavy atom. The van der Waals surface area contributed by atoms with E-state index in [4.69, 9.17) is 23.2 Å². The van der Waals surface area contributed by atoms with Crippen LogP contribution in [0.4, 0.5) is 13.2 Å². The number of rotatable bonds is 1. The lowest BCUT2D eigenvalue weighted by Gasteiger charge is -2.23. The fourth-order valence-electron chi connectivity index (χ4n) is 1.69. The Hall–Kier alpha value is -0.720. The Kier molecular flexibility index (Phi) is 3.86. The molecule has 1 heterocycles. The molecule has 0 fully saturated rings. The normalized spacial score (nSPS) is 19.2. The summed E-state index contributed by atoms with van der Waals surface area (Å²) in [5.74, 6) is -4.89. The molecular weight excluding hydrogens is 324 g/mol. The van der Waals surface area contributed by atoms with Crippen LogP contribution in [0.1, 0.15) is 10.4 Å². The highest BCUT2D eigenvalue weighted by Crippen LogP contribution is 2.42. The fraction of sp³-hybridized carbons (Fsp3) is 0.273. The highest BCUT2D eigenvalue weighted by molar-refractivity contribution is 7.99. The van der Waals surface area contributed by atoms with E-state index in [1.165, 1.54) is 12.1 Å². The van der Waals surface area contributed by atoms with Gasteiger partial charge in [-0.1, -0.05) is 23.2 Å². The third-order valence-corrected chi connectivity index (χ3v) is 4.75. The van der Waals surface area contributed by atoms with Gasteiger partial charge < -0.3 is 0 Å². The molecule has 0 N–H and O–H groups in total. The number of carbonyl (C=O) groups excluding carboxylic acids is 2. The summed E-state index contributed by atoms with van der Waals surface area (Å²) in [7, 11) is 0. The molecular formula is C11H5Cl2F3O2S. The van der Waals surface area contributed by atoms with Crippen LogP contribution in [0.3, 0.4) is 0 Å². The molecule has 0 spiro atoms. The van der Waals surface area contributed by atoms with E-state index in [-0.39, 0.29) is 21.4 Å². The van der Waals surface area contributed by atoms with E-state index in [1.54, 1.807) is 0 Å². The van der Waals surface area contributed by atoms with Gasteiger partial charge in [-0.2, -0.15) is 13.2 Å². The van der Waals surface area contributed by atoms with E-state index >= 15 is 0 Å². The topological polar surface area (TPSA) is 34.1 Å². The van der Waals surface area contributed by atoms with Crippen LogP contribution in [0.5, 0.6) is 0 Å². The summed E-state index contributed by atoms with van der Waals surface area (Å²) in [4.78, 5) is 23.4. The molecule has 2 nitrogen and oxygen atoms in total. The molecule has 0 aromatic heterocycles.